The summed E-state index contributed by atoms with van der Waals surface area (Å²) >= 11 is 0. The summed E-state index contributed by atoms with van der Waals surface area (Å²) in [6.07, 6.45) is 0. The van der Waals surface area contributed by atoms with Crippen molar-refractivity contribution < 1.29 is 22.3 Å². The molecule has 1 aliphatic rings. The molecule has 0 spiro atoms. The molecule has 172 valence electrons. The second kappa shape index (κ2) is 10.2. The van der Waals surface area contributed by atoms with Gasteiger partial charge in [0.1, 0.15) is 10.7 Å². The van der Waals surface area contributed by atoms with E-state index in [9.17, 15) is 17.6 Å². The van der Waals surface area contributed by atoms with Crippen LogP contribution < -0.4 is 5.32 Å². The Labute approximate surface area is 193 Å². The molecule has 1 saturated heterocycles. The number of carbonyl (C=O) groups is 1. The molecule has 0 radical (unpaired) electrons. The van der Waals surface area contributed by atoms with Gasteiger partial charge in [-0.3, -0.25) is 4.79 Å². The van der Waals surface area contributed by atoms with Crippen molar-refractivity contribution >= 4 is 15.9 Å². The lowest BCUT2D eigenvalue weighted by atomic mass is 9.91. The van der Waals surface area contributed by atoms with E-state index >= 15 is 0 Å². The summed E-state index contributed by atoms with van der Waals surface area (Å²) in [5.41, 5.74) is 2.17. The fourth-order valence-corrected chi connectivity index (χ4v) is 5.36. The summed E-state index contributed by atoms with van der Waals surface area (Å²) < 4.78 is 46.7. The van der Waals surface area contributed by atoms with E-state index in [0.29, 0.717) is 6.54 Å². The average molecular weight is 469 g/mol. The highest BCUT2D eigenvalue weighted by Crippen LogP contribution is 2.25. The minimum Gasteiger partial charge on any atom is -0.379 e. The summed E-state index contributed by atoms with van der Waals surface area (Å²) in [5.74, 6) is -1.44. The van der Waals surface area contributed by atoms with Gasteiger partial charge in [0, 0.05) is 31.1 Å². The molecule has 1 N–H and O–H groups in total. The molecule has 0 aromatic heterocycles. The van der Waals surface area contributed by atoms with Crippen molar-refractivity contribution in [1.82, 2.24) is 9.62 Å². The SMILES string of the molecule is O=C(NCC(c1ccccc1)c1ccccc1)c1ccc(F)c(S(=O)(=O)N2CCOCC2)c1. The molecule has 4 rings (SSSR count). The molecule has 6 nitrogen and oxygen atoms in total. The van der Waals surface area contributed by atoms with Crippen LogP contribution in [0.25, 0.3) is 0 Å². The van der Waals surface area contributed by atoms with E-state index < -0.39 is 26.6 Å². The first-order chi connectivity index (χ1) is 16.0. The number of halogens is 1. The maximum atomic E-state index is 14.5. The average Bonchev–Trinajstić information content (AvgIpc) is 2.86. The Balaban J connectivity index is 1.55. The topological polar surface area (TPSA) is 75.7 Å². The molecule has 1 heterocycles. The number of amides is 1. The quantitative estimate of drug-likeness (QED) is 0.577. The maximum Gasteiger partial charge on any atom is 0.251 e. The normalized spacial score (nSPS) is 14.8. The predicted molar refractivity (Wildman–Crippen MR) is 123 cm³/mol. The van der Waals surface area contributed by atoms with Crippen molar-refractivity contribution in [3.8, 4) is 0 Å². The van der Waals surface area contributed by atoms with Crippen molar-refractivity contribution in [3.63, 3.8) is 0 Å². The van der Waals surface area contributed by atoms with Gasteiger partial charge in [0.25, 0.3) is 5.91 Å². The number of carbonyl (C=O) groups excluding carboxylic acids is 1. The third kappa shape index (κ3) is 5.30. The third-order valence-electron chi connectivity index (χ3n) is 5.65. The number of nitrogens with one attached hydrogen (secondary N) is 1. The van der Waals surface area contributed by atoms with Crippen molar-refractivity contribution in [2.45, 2.75) is 10.8 Å². The number of ether oxygens (including phenoxy) is 1. The second-order valence-electron chi connectivity index (χ2n) is 7.75. The smallest absolute Gasteiger partial charge is 0.251 e. The highest BCUT2D eigenvalue weighted by Gasteiger charge is 2.30. The second-order valence-corrected chi connectivity index (χ2v) is 9.65. The Morgan fingerprint density at radius 1 is 0.939 bits per heavy atom. The molecular weight excluding hydrogens is 443 g/mol. The van der Waals surface area contributed by atoms with E-state index in [-0.39, 0.29) is 37.8 Å². The van der Waals surface area contributed by atoms with E-state index in [4.69, 9.17) is 4.74 Å². The van der Waals surface area contributed by atoms with Crippen LogP contribution in [0, 0.1) is 5.82 Å². The Morgan fingerprint density at radius 3 is 2.09 bits per heavy atom. The fourth-order valence-electron chi connectivity index (χ4n) is 3.86. The van der Waals surface area contributed by atoms with Crippen LogP contribution in [0.3, 0.4) is 0 Å². The molecule has 3 aromatic carbocycles. The van der Waals surface area contributed by atoms with Crippen LogP contribution in [-0.2, 0) is 14.8 Å². The van der Waals surface area contributed by atoms with E-state index in [1.165, 1.54) is 10.4 Å². The van der Waals surface area contributed by atoms with Gasteiger partial charge in [-0.2, -0.15) is 4.31 Å². The van der Waals surface area contributed by atoms with Crippen molar-refractivity contribution in [1.29, 1.82) is 0 Å². The fraction of sp³-hybridized carbons (Fsp3) is 0.240. The molecule has 1 aliphatic heterocycles. The Morgan fingerprint density at radius 2 is 1.52 bits per heavy atom. The van der Waals surface area contributed by atoms with Crippen LogP contribution >= 0.6 is 0 Å². The zero-order valence-corrected chi connectivity index (χ0v) is 18.8. The molecule has 8 heteroatoms. The molecule has 1 fully saturated rings. The first kappa shape index (κ1) is 23.1. The Kier molecular flexibility index (Phi) is 7.17. The third-order valence-corrected chi connectivity index (χ3v) is 7.57. The van der Waals surface area contributed by atoms with Gasteiger partial charge in [-0.1, -0.05) is 60.7 Å². The number of rotatable bonds is 7. The van der Waals surface area contributed by atoms with Crippen LogP contribution in [0.1, 0.15) is 27.4 Å². The van der Waals surface area contributed by atoms with Crippen LogP contribution in [0.2, 0.25) is 0 Å². The van der Waals surface area contributed by atoms with Gasteiger partial charge in [0.15, 0.2) is 0 Å². The molecule has 0 unspecified atom stereocenters. The van der Waals surface area contributed by atoms with Crippen LogP contribution in [-0.4, -0.2) is 51.5 Å². The molecule has 1 amide bonds. The molecule has 3 aromatic rings. The number of morpholine rings is 1. The minimum atomic E-state index is -4.07. The number of sulfonamides is 1. The van der Waals surface area contributed by atoms with Gasteiger partial charge >= 0.3 is 0 Å². The molecule has 0 atom stereocenters. The lowest BCUT2D eigenvalue weighted by Gasteiger charge is -2.26. The zero-order chi connectivity index (χ0) is 23.3. The summed E-state index contributed by atoms with van der Waals surface area (Å²) in [6, 6.07) is 23.0. The lowest BCUT2D eigenvalue weighted by Crippen LogP contribution is -2.41. The number of hydrogen-bond acceptors (Lipinski definition) is 4. The zero-order valence-electron chi connectivity index (χ0n) is 18.0. The molecular formula is C25H25FN2O4S. The summed E-state index contributed by atoms with van der Waals surface area (Å²) in [4.78, 5) is 12.4. The Hall–Kier alpha value is -3.07. The monoisotopic (exact) mass is 468 g/mol. The van der Waals surface area contributed by atoms with Gasteiger partial charge in [-0.25, -0.2) is 12.8 Å². The summed E-state index contributed by atoms with van der Waals surface area (Å²) in [6.45, 7) is 1.10. The van der Waals surface area contributed by atoms with Crippen LogP contribution in [0.5, 0.6) is 0 Å². The van der Waals surface area contributed by atoms with E-state index in [2.05, 4.69) is 5.32 Å². The van der Waals surface area contributed by atoms with Crippen molar-refractivity contribution in [2.24, 2.45) is 0 Å². The van der Waals surface area contributed by atoms with Gasteiger partial charge < -0.3 is 10.1 Å². The molecule has 0 bridgehead atoms. The lowest BCUT2D eigenvalue weighted by molar-refractivity contribution is 0.0729. The van der Waals surface area contributed by atoms with Gasteiger partial charge in [-0.15, -0.1) is 0 Å². The number of benzene rings is 3. The van der Waals surface area contributed by atoms with E-state index in [0.717, 1.165) is 23.3 Å². The van der Waals surface area contributed by atoms with Gasteiger partial charge in [0.05, 0.1) is 13.2 Å². The van der Waals surface area contributed by atoms with Crippen LogP contribution in [0.4, 0.5) is 4.39 Å². The molecule has 33 heavy (non-hydrogen) atoms. The highest BCUT2D eigenvalue weighted by molar-refractivity contribution is 7.89. The van der Waals surface area contributed by atoms with E-state index in [1.807, 2.05) is 60.7 Å². The maximum absolute atomic E-state index is 14.5. The Bertz CT molecular complexity index is 1160. The van der Waals surface area contributed by atoms with Crippen molar-refractivity contribution in [2.75, 3.05) is 32.8 Å². The van der Waals surface area contributed by atoms with Crippen molar-refractivity contribution in [3.05, 3.63) is 101 Å². The first-order valence-electron chi connectivity index (χ1n) is 10.7. The molecule has 0 aliphatic carbocycles. The predicted octanol–water partition coefficient (Wildman–Crippen LogP) is 3.41. The largest absolute Gasteiger partial charge is 0.379 e. The highest BCUT2D eigenvalue weighted by atomic mass is 32.2. The standard InChI is InChI=1S/C25H25FN2O4S/c26-23-12-11-21(17-24(23)33(30,31)28-13-15-32-16-14-28)25(29)27-18-22(19-7-3-1-4-8-19)20-9-5-2-6-10-20/h1-12,17,22H,13-16,18H2,(H,27,29). The van der Waals surface area contributed by atoms with E-state index in [1.54, 1.807) is 0 Å². The first-order valence-corrected chi connectivity index (χ1v) is 12.2. The number of nitrogens with zero attached hydrogens (tertiary/aromatic N) is 1. The number of hydrogen-bond donors (Lipinski definition) is 1. The van der Waals surface area contributed by atoms with Crippen LogP contribution in [0.15, 0.2) is 83.8 Å². The summed E-state index contributed by atoms with van der Waals surface area (Å²) in [7, 11) is -4.07. The van der Waals surface area contributed by atoms with Gasteiger partial charge in [-0.05, 0) is 29.3 Å². The minimum absolute atomic E-state index is 0.0862. The summed E-state index contributed by atoms with van der Waals surface area (Å²) in [5, 5.41) is 2.88. The molecule has 0 saturated carbocycles. The van der Waals surface area contributed by atoms with Gasteiger partial charge in [0.2, 0.25) is 10.0 Å².